The SMILES string of the molecule is O=C(O)CCCCCCCNC(=O)C1CC12CCc1ccccc12. The highest BCUT2D eigenvalue weighted by molar-refractivity contribution is 5.85. The molecular weight excluding hydrogens is 302 g/mol. The van der Waals surface area contributed by atoms with Crippen LogP contribution in [-0.2, 0) is 21.4 Å². The Kier molecular flexibility index (Phi) is 5.22. The van der Waals surface area contributed by atoms with Crippen LogP contribution in [0.25, 0.3) is 0 Å². The van der Waals surface area contributed by atoms with E-state index in [1.165, 1.54) is 11.1 Å². The molecule has 0 saturated heterocycles. The van der Waals surface area contributed by atoms with Crippen molar-refractivity contribution in [2.45, 2.75) is 63.2 Å². The fourth-order valence-corrected chi connectivity index (χ4v) is 4.21. The number of unbranched alkanes of at least 4 members (excludes halogenated alkanes) is 4. The molecule has 24 heavy (non-hydrogen) atoms. The summed E-state index contributed by atoms with van der Waals surface area (Å²) < 4.78 is 0. The number of fused-ring (bicyclic) bond motifs is 2. The number of aliphatic carboxylic acids is 1. The zero-order valence-electron chi connectivity index (χ0n) is 14.2. The van der Waals surface area contributed by atoms with Gasteiger partial charge in [-0.1, -0.05) is 43.5 Å². The third-order valence-corrected chi connectivity index (χ3v) is 5.65. The van der Waals surface area contributed by atoms with Gasteiger partial charge in [0, 0.05) is 24.3 Å². The molecule has 1 amide bonds. The zero-order chi connectivity index (χ0) is 17.0. The van der Waals surface area contributed by atoms with Gasteiger partial charge in [0.05, 0.1) is 0 Å². The van der Waals surface area contributed by atoms with E-state index in [1.807, 2.05) is 0 Å². The Labute approximate surface area is 143 Å². The van der Waals surface area contributed by atoms with Gasteiger partial charge < -0.3 is 10.4 Å². The molecule has 4 nitrogen and oxygen atoms in total. The number of carboxylic acid groups (broad SMARTS) is 1. The van der Waals surface area contributed by atoms with E-state index < -0.39 is 5.97 Å². The fraction of sp³-hybridized carbons (Fsp3) is 0.600. The molecule has 2 atom stereocenters. The van der Waals surface area contributed by atoms with Crippen LogP contribution in [0.1, 0.15) is 62.5 Å². The van der Waals surface area contributed by atoms with E-state index in [9.17, 15) is 9.59 Å². The Morgan fingerprint density at radius 2 is 1.88 bits per heavy atom. The second-order valence-electron chi connectivity index (χ2n) is 7.27. The van der Waals surface area contributed by atoms with Crippen LogP contribution in [-0.4, -0.2) is 23.5 Å². The van der Waals surface area contributed by atoms with E-state index in [1.54, 1.807) is 0 Å². The van der Waals surface area contributed by atoms with Gasteiger partial charge in [0.2, 0.25) is 5.91 Å². The zero-order valence-corrected chi connectivity index (χ0v) is 14.2. The van der Waals surface area contributed by atoms with Gasteiger partial charge in [0.15, 0.2) is 0 Å². The lowest BCUT2D eigenvalue weighted by Crippen LogP contribution is -2.28. The third-order valence-electron chi connectivity index (χ3n) is 5.65. The average Bonchev–Trinajstić information content (AvgIpc) is 3.19. The first-order valence-electron chi connectivity index (χ1n) is 9.21. The number of carbonyl (C=O) groups is 2. The minimum absolute atomic E-state index is 0.136. The highest BCUT2D eigenvalue weighted by Gasteiger charge is 2.61. The second-order valence-corrected chi connectivity index (χ2v) is 7.27. The summed E-state index contributed by atoms with van der Waals surface area (Å²) in [5.74, 6) is -0.330. The molecule has 0 aromatic heterocycles. The molecule has 1 aromatic rings. The number of benzene rings is 1. The molecule has 2 unspecified atom stereocenters. The Morgan fingerprint density at radius 3 is 2.71 bits per heavy atom. The molecule has 3 rings (SSSR count). The van der Waals surface area contributed by atoms with Gasteiger partial charge in [0.25, 0.3) is 0 Å². The van der Waals surface area contributed by atoms with Gasteiger partial charge in [-0.3, -0.25) is 9.59 Å². The molecule has 1 aromatic carbocycles. The second kappa shape index (κ2) is 7.37. The first-order valence-corrected chi connectivity index (χ1v) is 9.21. The molecule has 0 heterocycles. The Bertz CT molecular complexity index is 613. The molecule has 0 aliphatic heterocycles. The Morgan fingerprint density at radius 1 is 1.12 bits per heavy atom. The molecule has 2 aliphatic rings. The first kappa shape index (κ1) is 17.0. The van der Waals surface area contributed by atoms with Crippen LogP contribution in [0, 0.1) is 5.92 Å². The van der Waals surface area contributed by atoms with Gasteiger partial charge in [0.1, 0.15) is 0 Å². The smallest absolute Gasteiger partial charge is 0.303 e. The fourth-order valence-electron chi connectivity index (χ4n) is 4.21. The molecule has 4 heteroatoms. The molecule has 130 valence electrons. The summed E-state index contributed by atoms with van der Waals surface area (Å²) in [7, 11) is 0. The molecule has 2 aliphatic carbocycles. The van der Waals surface area contributed by atoms with Crippen LogP contribution < -0.4 is 5.32 Å². The summed E-state index contributed by atoms with van der Waals surface area (Å²) in [4.78, 5) is 22.8. The molecule has 1 saturated carbocycles. The maximum absolute atomic E-state index is 12.4. The van der Waals surface area contributed by atoms with Gasteiger partial charge >= 0.3 is 5.97 Å². The van der Waals surface area contributed by atoms with E-state index in [0.29, 0.717) is 0 Å². The van der Waals surface area contributed by atoms with E-state index >= 15 is 0 Å². The Hall–Kier alpha value is -1.84. The van der Waals surface area contributed by atoms with Crippen molar-refractivity contribution in [2.24, 2.45) is 5.92 Å². The Balaban J connectivity index is 1.33. The molecule has 1 spiro atoms. The predicted molar refractivity (Wildman–Crippen MR) is 92.9 cm³/mol. The summed E-state index contributed by atoms with van der Waals surface area (Å²) in [6, 6.07) is 8.57. The van der Waals surface area contributed by atoms with Gasteiger partial charge in [-0.25, -0.2) is 0 Å². The lowest BCUT2D eigenvalue weighted by molar-refractivity contribution is -0.137. The van der Waals surface area contributed by atoms with Crippen LogP contribution in [0.3, 0.4) is 0 Å². The summed E-state index contributed by atoms with van der Waals surface area (Å²) >= 11 is 0. The van der Waals surface area contributed by atoms with E-state index in [2.05, 4.69) is 29.6 Å². The first-order chi connectivity index (χ1) is 11.6. The molecule has 2 N–H and O–H groups in total. The summed E-state index contributed by atoms with van der Waals surface area (Å²) in [5.41, 5.74) is 2.97. The molecule has 0 radical (unpaired) electrons. The van der Waals surface area contributed by atoms with Crippen molar-refractivity contribution in [2.75, 3.05) is 6.54 Å². The third kappa shape index (κ3) is 3.63. The number of rotatable bonds is 9. The molecule has 1 fully saturated rings. The number of hydrogen-bond donors (Lipinski definition) is 2. The average molecular weight is 329 g/mol. The number of carboxylic acids is 1. The van der Waals surface area contributed by atoms with Gasteiger partial charge in [-0.2, -0.15) is 0 Å². The maximum Gasteiger partial charge on any atom is 0.303 e. The van der Waals surface area contributed by atoms with Crippen molar-refractivity contribution < 1.29 is 14.7 Å². The topological polar surface area (TPSA) is 66.4 Å². The summed E-state index contributed by atoms with van der Waals surface area (Å²) in [6.45, 7) is 0.742. The van der Waals surface area contributed by atoms with Crippen LogP contribution in [0.4, 0.5) is 0 Å². The predicted octanol–water partition coefficient (Wildman–Crippen LogP) is 3.43. The normalized spacial score (nSPS) is 23.9. The summed E-state index contributed by atoms with van der Waals surface area (Å²) in [5, 5.41) is 11.7. The van der Waals surface area contributed by atoms with Crippen molar-refractivity contribution in [3.8, 4) is 0 Å². The number of hydrogen-bond acceptors (Lipinski definition) is 2. The van der Waals surface area contributed by atoms with E-state index in [-0.39, 0.29) is 23.7 Å². The van der Waals surface area contributed by atoms with E-state index in [0.717, 1.165) is 57.9 Å². The van der Waals surface area contributed by atoms with Crippen molar-refractivity contribution in [1.29, 1.82) is 0 Å². The quantitative estimate of drug-likeness (QED) is 0.682. The lowest BCUT2D eigenvalue weighted by atomic mass is 9.95. The largest absolute Gasteiger partial charge is 0.481 e. The van der Waals surface area contributed by atoms with Crippen LogP contribution in [0.2, 0.25) is 0 Å². The van der Waals surface area contributed by atoms with Crippen LogP contribution >= 0.6 is 0 Å². The maximum atomic E-state index is 12.4. The lowest BCUT2D eigenvalue weighted by Gasteiger charge is -2.11. The summed E-state index contributed by atoms with van der Waals surface area (Å²) in [6.07, 6.45) is 8.29. The minimum Gasteiger partial charge on any atom is -0.481 e. The van der Waals surface area contributed by atoms with Crippen molar-refractivity contribution in [1.82, 2.24) is 5.32 Å². The highest BCUT2D eigenvalue weighted by atomic mass is 16.4. The number of nitrogens with one attached hydrogen (secondary N) is 1. The van der Waals surface area contributed by atoms with E-state index in [4.69, 9.17) is 5.11 Å². The van der Waals surface area contributed by atoms with Crippen molar-refractivity contribution in [3.05, 3.63) is 35.4 Å². The molecule has 0 bridgehead atoms. The molecular formula is C20H27NO3. The van der Waals surface area contributed by atoms with Crippen LogP contribution in [0.15, 0.2) is 24.3 Å². The number of amides is 1. The highest BCUT2D eigenvalue weighted by Crippen LogP contribution is 2.61. The minimum atomic E-state index is -0.714. The van der Waals surface area contributed by atoms with Crippen LogP contribution in [0.5, 0.6) is 0 Å². The van der Waals surface area contributed by atoms with Crippen molar-refractivity contribution >= 4 is 11.9 Å². The standard InChI is InChI=1S/C20H27NO3/c22-18(23)10-4-2-1-3-7-13-21-19(24)17-14-20(17)12-11-15-8-5-6-9-16(15)20/h5-6,8-9,17H,1-4,7,10-14H2,(H,21,24)(H,22,23). The number of carbonyl (C=O) groups excluding carboxylic acids is 1. The monoisotopic (exact) mass is 329 g/mol. The van der Waals surface area contributed by atoms with Gasteiger partial charge in [-0.15, -0.1) is 0 Å². The van der Waals surface area contributed by atoms with Gasteiger partial charge in [-0.05, 0) is 43.2 Å². The number of aryl methyl sites for hydroxylation is 1. The van der Waals surface area contributed by atoms with Crippen molar-refractivity contribution in [3.63, 3.8) is 0 Å².